The number of hydrogen-bond acceptors (Lipinski definition) is 2. The first-order valence-electron chi connectivity index (χ1n) is 6.71. The van der Waals surface area contributed by atoms with Crippen molar-refractivity contribution in [1.82, 2.24) is 4.90 Å². The molecule has 90 valence electrons. The zero-order chi connectivity index (χ0) is 11.5. The second-order valence-corrected chi connectivity index (χ2v) is 5.93. The molecule has 2 heteroatoms. The number of benzene rings is 1. The van der Waals surface area contributed by atoms with E-state index in [2.05, 4.69) is 36.2 Å². The zero-order valence-corrected chi connectivity index (χ0v) is 10.4. The largest absolute Gasteiger partial charge is 0.365 e. The molecule has 3 aliphatic rings. The van der Waals surface area contributed by atoms with Gasteiger partial charge in [-0.05, 0) is 31.0 Å². The van der Waals surface area contributed by atoms with Crippen LogP contribution in [0.5, 0.6) is 0 Å². The number of piperidine rings is 1. The fourth-order valence-electron chi connectivity index (χ4n) is 4.42. The van der Waals surface area contributed by atoms with Crippen LogP contribution in [0, 0.1) is 11.8 Å². The third-order valence-electron chi connectivity index (χ3n) is 5.05. The Morgan fingerprint density at radius 2 is 1.88 bits per heavy atom. The van der Waals surface area contributed by atoms with Crippen molar-refractivity contribution in [3.63, 3.8) is 0 Å². The summed E-state index contributed by atoms with van der Waals surface area (Å²) in [6, 6.07) is 8.85. The van der Waals surface area contributed by atoms with Gasteiger partial charge in [0.2, 0.25) is 0 Å². The molecular weight excluding hydrogens is 210 g/mol. The molecule has 2 unspecified atom stereocenters. The molecule has 4 rings (SSSR count). The Bertz CT molecular complexity index is 442. The molecule has 1 aliphatic carbocycles. The molecule has 2 atom stereocenters. The average Bonchev–Trinajstić information content (AvgIpc) is 2.80. The molecule has 1 saturated heterocycles. The van der Waals surface area contributed by atoms with Crippen LogP contribution in [0.3, 0.4) is 0 Å². The van der Waals surface area contributed by atoms with Crippen molar-refractivity contribution in [1.29, 1.82) is 0 Å². The molecule has 2 fully saturated rings. The normalized spacial score (nSPS) is 39.8. The zero-order valence-electron chi connectivity index (χ0n) is 10.4. The molecule has 1 aromatic carbocycles. The van der Waals surface area contributed by atoms with Gasteiger partial charge in [-0.1, -0.05) is 24.3 Å². The van der Waals surface area contributed by atoms with E-state index in [1.54, 1.807) is 0 Å². The molecule has 17 heavy (non-hydrogen) atoms. The fourth-order valence-corrected chi connectivity index (χ4v) is 4.42. The summed E-state index contributed by atoms with van der Waals surface area (Å²) in [4.78, 5) is 2.48. The van der Waals surface area contributed by atoms with Crippen LogP contribution in [0.4, 0.5) is 0 Å². The van der Waals surface area contributed by atoms with Crippen molar-refractivity contribution < 1.29 is 4.74 Å². The van der Waals surface area contributed by atoms with Crippen molar-refractivity contribution >= 4 is 0 Å². The molecule has 1 aromatic rings. The van der Waals surface area contributed by atoms with Crippen molar-refractivity contribution in [2.75, 3.05) is 20.1 Å². The van der Waals surface area contributed by atoms with Crippen LogP contribution in [0.15, 0.2) is 24.3 Å². The van der Waals surface area contributed by atoms with Crippen LogP contribution in [-0.4, -0.2) is 25.0 Å². The summed E-state index contributed by atoms with van der Waals surface area (Å²) >= 11 is 0. The molecule has 2 bridgehead atoms. The lowest BCUT2D eigenvalue weighted by Crippen LogP contribution is -2.50. The Labute approximate surface area is 103 Å². The highest BCUT2D eigenvalue weighted by atomic mass is 16.5. The van der Waals surface area contributed by atoms with Gasteiger partial charge in [-0.15, -0.1) is 0 Å². The van der Waals surface area contributed by atoms with E-state index in [1.807, 2.05) is 0 Å². The Kier molecular flexibility index (Phi) is 1.98. The molecule has 2 heterocycles. The second-order valence-electron chi connectivity index (χ2n) is 5.93. The van der Waals surface area contributed by atoms with Gasteiger partial charge in [0.25, 0.3) is 0 Å². The first-order valence-corrected chi connectivity index (χ1v) is 6.71. The van der Waals surface area contributed by atoms with Gasteiger partial charge in [0.15, 0.2) is 0 Å². The Morgan fingerprint density at radius 3 is 2.65 bits per heavy atom. The lowest BCUT2D eigenvalue weighted by atomic mass is 9.75. The van der Waals surface area contributed by atoms with Crippen molar-refractivity contribution in [3.8, 4) is 0 Å². The highest BCUT2D eigenvalue weighted by molar-refractivity contribution is 5.38. The molecule has 0 aromatic heterocycles. The van der Waals surface area contributed by atoms with Crippen LogP contribution >= 0.6 is 0 Å². The van der Waals surface area contributed by atoms with Crippen molar-refractivity contribution in [2.45, 2.75) is 25.0 Å². The van der Waals surface area contributed by atoms with Gasteiger partial charge >= 0.3 is 0 Å². The van der Waals surface area contributed by atoms with Gasteiger partial charge in [0.05, 0.1) is 6.61 Å². The maximum Gasteiger partial charge on any atom is 0.102 e. The smallest absolute Gasteiger partial charge is 0.102 e. The minimum atomic E-state index is 0.0725. The number of likely N-dealkylation sites (tertiary alicyclic amines) is 1. The molecular formula is C15H19NO. The van der Waals surface area contributed by atoms with Crippen LogP contribution < -0.4 is 0 Å². The van der Waals surface area contributed by atoms with E-state index in [0.29, 0.717) is 11.8 Å². The maximum absolute atomic E-state index is 6.36. The SMILES string of the molecule is CN1CC2CCC(C1)C21OCc2ccccc21. The van der Waals surface area contributed by atoms with Crippen molar-refractivity contribution in [2.24, 2.45) is 11.8 Å². The van der Waals surface area contributed by atoms with Crippen LogP contribution in [0.1, 0.15) is 24.0 Å². The third-order valence-corrected chi connectivity index (χ3v) is 5.05. The second kappa shape index (κ2) is 3.33. The molecule has 0 N–H and O–H groups in total. The monoisotopic (exact) mass is 229 g/mol. The fraction of sp³-hybridized carbons (Fsp3) is 0.600. The minimum Gasteiger partial charge on any atom is -0.365 e. The highest BCUT2D eigenvalue weighted by Crippen LogP contribution is 2.57. The summed E-state index contributed by atoms with van der Waals surface area (Å²) in [6.45, 7) is 3.22. The van der Waals surface area contributed by atoms with Gasteiger partial charge in [-0.3, -0.25) is 0 Å². The summed E-state index contributed by atoms with van der Waals surface area (Å²) in [5.74, 6) is 1.41. The average molecular weight is 229 g/mol. The van der Waals surface area contributed by atoms with Gasteiger partial charge in [0.1, 0.15) is 5.60 Å². The van der Waals surface area contributed by atoms with Gasteiger partial charge < -0.3 is 9.64 Å². The van der Waals surface area contributed by atoms with E-state index in [4.69, 9.17) is 4.74 Å². The topological polar surface area (TPSA) is 12.5 Å². The predicted octanol–water partition coefficient (Wildman–Crippen LogP) is 2.38. The van der Waals surface area contributed by atoms with Crippen LogP contribution in [0.25, 0.3) is 0 Å². The number of hydrogen-bond donors (Lipinski definition) is 0. The van der Waals surface area contributed by atoms with E-state index in [0.717, 1.165) is 6.61 Å². The third kappa shape index (κ3) is 1.18. The Hall–Kier alpha value is -0.860. The standard InChI is InChI=1S/C15H19NO/c1-16-8-12-6-7-13(9-16)15(12)14-5-3-2-4-11(14)10-17-15/h2-5,12-13H,6-10H2,1H3. The lowest BCUT2D eigenvalue weighted by Gasteiger charge is -2.44. The molecule has 2 nitrogen and oxygen atoms in total. The molecule has 1 saturated carbocycles. The minimum absolute atomic E-state index is 0.0725. The van der Waals surface area contributed by atoms with Crippen molar-refractivity contribution in [3.05, 3.63) is 35.4 Å². The number of ether oxygens (including phenoxy) is 1. The first-order chi connectivity index (χ1) is 8.30. The van der Waals surface area contributed by atoms with E-state index in [-0.39, 0.29) is 5.60 Å². The molecule has 0 amide bonds. The molecule has 1 spiro atoms. The predicted molar refractivity (Wildman–Crippen MR) is 66.6 cm³/mol. The maximum atomic E-state index is 6.36. The molecule has 0 radical (unpaired) electrons. The van der Waals surface area contributed by atoms with Crippen LogP contribution in [0.2, 0.25) is 0 Å². The van der Waals surface area contributed by atoms with Gasteiger partial charge in [-0.2, -0.15) is 0 Å². The summed E-state index contributed by atoms with van der Waals surface area (Å²) < 4.78 is 6.36. The first kappa shape index (κ1) is 10.1. The number of fused-ring (bicyclic) bond motifs is 1. The Morgan fingerprint density at radius 1 is 1.18 bits per heavy atom. The lowest BCUT2D eigenvalue weighted by molar-refractivity contribution is -0.127. The van der Waals surface area contributed by atoms with Crippen LogP contribution in [-0.2, 0) is 16.9 Å². The summed E-state index contributed by atoms with van der Waals surface area (Å²) in [5.41, 5.74) is 3.00. The number of nitrogens with zero attached hydrogens (tertiary/aromatic N) is 1. The van der Waals surface area contributed by atoms with E-state index >= 15 is 0 Å². The summed E-state index contributed by atoms with van der Waals surface area (Å²) in [6.07, 6.45) is 2.67. The van der Waals surface area contributed by atoms with Gasteiger partial charge in [0, 0.05) is 24.9 Å². The van der Waals surface area contributed by atoms with E-state index in [9.17, 15) is 0 Å². The summed E-state index contributed by atoms with van der Waals surface area (Å²) in [7, 11) is 2.25. The molecule has 2 aliphatic heterocycles. The van der Waals surface area contributed by atoms with Gasteiger partial charge in [-0.25, -0.2) is 0 Å². The van der Waals surface area contributed by atoms with E-state index < -0.39 is 0 Å². The highest BCUT2D eigenvalue weighted by Gasteiger charge is 2.58. The van der Waals surface area contributed by atoms with E-state index in [1.165, 1.54) is 37.1 Å². The quantitative estimate of drug-likeness (QED) is 0.677. The number of rotatable bonds is 0. The summed E-state index contributed by atoms with van der Waals surface area (Å²) in [5, 5.41) is 0. The Balaban J connectivity index is 1.85.